The largest absolute Gasteiger partial charge is 0.370 e. The number of nitrogens with two attached hydrogens (primary N) is 1. The number of guanidine groups is 1. The summed E-state index contributed by atoms with van der Waals surface area (Å²) in [6.45, 7) is 1.03. The molecule has 1 aromatic carbocycles. The first-order valence-electron chi connectivity index (χ1n) is 6.37. The number of rotatable bonds is 4. The highest BCUT2D eigenvalue weighted by Crippen LogP contribution is 2.15. The van der Waals surface area contributed by atoms with Gasteiger partial charge in [0.1, 0.15) is 5.69 Å². The van der Waals surface area contributed by atoms with Gasteiger partial charge in [-0.15, -0.1) is 12.4 Å². The maximum atomic E-state index is 12.4. The van der Waals surface area contributed by atoms with Crippen molar-refractivity contribution in [1.29, 1.82) is 5.41 Å². The summed E-state index contributed by atoms with van der Waals surface area (Å²) in [5, 5.41) is 8.53. The van der Waals surface area contributed by atoms with E-state index in [-0.39, 0.29) is 24.3 Å². The second-order valence-corrected chi connectivity index (χ2v) is 4.92. The molecule has 0 bridgehead atoms. The fourth-order valence-electron chi connectivity index (χ4n) is 1.97. The van der Waals surface area contributed by atoms with E-state index in [1.165, 1.54) is 4.90 Å². The molecule has 6 nitrogen and oxygen atoms in total. The monoisotopic (exact) mass is 309 g/mol. The molecule has 0 spiro atoms. The molecule has 0 aliphatic heterocycles. The minimum absolute atomic E-state index is 0. The zero-order valence-corrected chi connectivity index (χ0v) is 12.9. The highest BCUT2D eigenvalue weighted by Gasteiger charge is 2.20. The summed E-state index contributed by atoms with van der Waals surface area (Å²) in [7, 11) is 3.82. The van der Waals surface area contributed by atoms with Gasteiger partial charge in [0.05, 0.1) is 0 Å². The summed E-state index contributed by atoms with van der Waals surface area (Å²) in [6.07, 6.45) is 0. The number of aromatic nitrogens is 1. The Morgan fingerprint density at radius 2 is 1.95 bits per heavy atom. The third-order valence-corrected chi connectivity index (χ3v) is 3.07. The van der Waals surface area contributed by atoms with Crippen molar-refractivity contribution in [3.05, 3.63) is 36.0 Å². The molecule has 1 heterocycles. The first kappa shape index (κ1) is 17.0. The van der Waals surface area contributed by atoms with Crippen LogP contribution >= 0.6 is 12.4 Å². The molecular weight excluding hydrogens is 290 g/mol. The third-order valence-electron chi connectivity index (χ3n) is 3.07. The van der Waals surface area contributed by atoms with Crippen LogP contribution in [0.3, 0.4) is 0 Å². The van der Waals surface area contributed by atoms with Gasteiger partial charge >= 0.3 is 0 Å². The lowest BCUT2D eigenvalue weighted by Crippen LogP contribution is -2.44. The van der Waals surface area contributed by atoms with Crippen LogP contribution in [-0.2, 0) is 0 Å². The summed E-state index contributed by atoms with van der Waals surface area (Å²) in [6, 6.07) is 9.44. The van der Waals surface area contributed by atoms with Gasteiger partial charge < -0.3 is 15.6 Å². The first-order valence-corrected chi connectivity index (χ1v) is 6.37. The number of amides is 1. The Hall–Kier alpha value is -2.05. The topological polar surface area (TPSA) is 89.2 Å². The summed E-state index contributed by atoms with van der Waals surface area (Å²) in [5.74, 6) is -0.522. The smallest absolute Gasteiger partial charge is 0.277 e. The van der Waals surface area contributed by atoms with Crippen LogP contribution in [0.25, 0.3) is 10.9 Å². The van der Waals surface area contributed by atoms with Crippen molar-refractivity contribution in [2.75, 3.05) is 27.2 Å². The van der Waals surface area contributed by atoms with E-state index >= 15 is 0 Å². The molecule has 0 aliphatic carbocycles. The van der Waals surface area contributed by atoms with E-state index in [1.54, 1.807) is 6.07 Å². The van der Waals surface area contributed by atoms with E-state index in [2.05, 4.69) is 4.98 Å². The van der Waals surface area contributed by atoms with E-state index < -0.39 is 0 Å². The summed E-state index contributed by atoms with van der Waals surface area (Å²) >= 11 is 0. The van der Waals surface area contributed by atoms with Crippen LogP contribution in [-0.4, -0.2) is 53.8 Å². The van der Waals surface area contributed by atoms with Gasteiger partial charge in [-0.05, 0) is 26.2 Å². The van der Waals surface area contributed by atoms with Gasteiger partial charge in [0, 0.05) is 24.0 Å². The summed E-state index contributed by atoms with van der Waals surface area (Å²) < 4.78 is 0. The SMILES string of the molecule is CN(C)CCN(C(=N)N)C(=O)c1cc2ccccc2[nH]1.Cl. The number of hydrogen-bond acceptors (Lipinski definition) is 3. The number of benzene rings is 1. The second kappa shape index (κ2) is 7.10. The zero-order valence-electron chi connectivity index (χ0n) is 12.1. The maximum absolute atomic E-state index is 12.4. The molecule has 2 rings (SSSR count). The number of likely N-dealkylation sites (N-methyl/N-ethyl adjacent to an activating group) is 1. The van der Waals surface area contributed by atoms with Crippen LogP contribution < -0.4 is 5.73 Å². The quantitative estimate of drug-likeness (QED) is 0.590. The lowest BCUT2D eigenvalue weighted by molar-refractivity contribution is 0.0833. The molecule has 0 unspecified atom stereocenters. The predicted molar refractivity (Wildman–Crippen MR) is 87.1 cm³/mol. The molecule has 7 heteroatoms. The van der Waals surface area contributed by atoms with Gasteiger partial charge in [-0.25, -0.2) is 0 Å². The molecule has 1 amide bonds. The number of nitrogens with one attached hydrogen (secondary N) is 2. The number of carbonyl (C=O) groups excluding carboxylic acids is 1. The molecule has 114 valence electrons. The molecule has 2 aromatic rings. The van der Waals surface area contributed by atoms with Gasteiger partial charge in [-0.1, -0.05) is 18.2 Å². The zero-order chi connectivity index (χ0) is 14.7. The van der Waals surface area contributed by atoms with Crippen molar-refractivity contribution in [3.63, 3.8) is 0 Å². The van der Waals surface area contributed by atoms with Crippen molar-refractivity contribution in [2.24, 2.45) is 5.73 Å². The molecule has 0 aliphatic rings. The van der Waals surface area contributed by atoms with Gasteiger partial charge in [0.25, 0.3) is 5.91 Å². The Labute approximate surface area is 129 Å². The molecule has 0 radical (unpaired) electrons. The summed E-state index contributed by atoms with van der Waals surface area (Å²) in [4.78, 5) is 18.7. The Morgan fingerprint density at radius 1 is 1.29 bits per heavy atom. The Morgan fingerprint density at radius 3 is 2.52 bits per heavy atom. The summed E-state index contributed by atoms with van der Waals surface area (Å²) in [5.41, 5.74) is 6.85. The fraction of sp³-hybridized carbons (Fsp3) is 0.286. The van der Waals surface area contributed by atoms with Crippen molar-refractivity contribution < 1.29 is 4.79 Å². The van der Waals surface area contributed by atoms with E-state index in [0.29, 0.717) is 18.8 Å². The molecule has 0 atom stereocenters. The molecular formula is C14H20ClN5O. The average Bonchev–Trinajstić information content (AvgIpc) is 2.81. The molecule has 0 saturated carbocycles. The number of nitrogens with zero attached hydrogens (tertiary/aromatic N) is 2. The normalized spacial score (nSPS) is 10.4. The van der Waals surface area contributed by atoms with E-state index in [1.807, 2.05) is 43.3 Å². The predicted octanol–water partition coefficient (Wildman–Crippen LogP) is 1.49. The van der Waals surface area contributed by atoms with Crippen molar-refractivity contribution in [3.8, 4) is 0 Å². The van der Waals surface area contributed by atoms with Gasteiger partial charge in [-0.2, -0.15) is 0 Å². The number of para-hydroxylation sites is 1. The molecule has 4 N–H and O–H groups in total. The van der Waals surface area contributed by atoms with Crippen LogP contribution in [0.4, 0.5) is 0 Å². The number of aromatic amines is 1. The van der Waals surface area contributed by atoms with Crippen LogP contribution in [0.15, 0.2) is 30.3 Å². The highest BCUT2D eigenvalue weighted by molar-refractivity contribution is 6.05. The maximum Gasteiger partial charge on any atom is 0.277 e. The van der Waals surface area contributed by atoms with Crippen LogP contribution in [0.1, 0.15) is 10.5 Å². The Balaban J connectivity index is 0.00000220. The Bertz CT molecular complexity index is 604. The van der Waals surface area contributed by atoms with E-state index in [0.717, 1.165) is 10.9 Å². The first-order chi connectivity index (χ1) is 9.49. The number of carbonyl (C=O) groups is 1. The lowest BCUT2D eigenvalue weighted by Gasteiger charge is -2.21. The second-order valence-electron chi connectivity index (χ2n) is 4.92. The molecule has 1 aromatic heterocycles. The molecule has 0 fully saturated rings. The van der Waals surface area contributed by atoms with Crippen molar-refractivity contribution in [1.82, 2.24) is 14.8 Å². The number of hydrogen-bond donors (Lipinski definition) is 3. The van der Waals surface area contributed by atoms with Gasteiger partial charge in [-0.3, -0.25) is 15.1 Å². The minimum atomic E-state index is -0.282. The van der Waals surface area contributed by atoms with E-state index in [9.17, 15) is 4.79 Å². The molecule has 21 heavy (non-hydrogen) atoms. The standard InChI is InChI=1S/C14H19N5O.ClH/c1-18(2)7-8-19(14(15)16)13(20)12-9-10-5-3-4-6-11(10)17-12;/h3-6,9,17H,7-8H2,1-2H3,(H3,15,16);1H. The van der Waals surface area contributed by atoms with Crippen molar-refractivity contribution in [2.45, 2.75) is 0 Å². The van der Waals surface area contributed by atoms with Crippen molar-refractivity contribution >= 4 is 35.2 Å². The van der Waals surface area contributed by atoms with Crippen LogP contribution in [0, 0.1) is 5.41 Å². The van der Waals surface area contributed by atoms with E-state index in [4.69, 9.17) is 11.1 Å². The minimum Gasteiger partial charge on any atom is -0.370 e. The molecule has 0 saturated heterocycles. The lowest BCUT2D eigenvalue weighted by atomic mass is 10.2. The van der Waals surface area contributed by atoms with Crippen LogP contribution in [0.2, 0.25) is 0 Å². The number of fused-ring (bicyclic) bond motifs is 1. The number of halogens is 1. The average molecular weight is 310 g/mol. The number of H-pyrrole nitrogens is 1. The van der Waals surface area contributed by atoms with Gasteiger partial charge in [0.15, 0.2) is 5.96 Å². The Kier molecular flexibility index (Phi) is 5.75. The van der Waals surface area contributed by atoms with Crippen LogP contribution in [0.5, 0.6) is 0 Å². The third kappa shape index (κ3) is 3.96. The van der Waals surface area contributed by atoms with Gasteiger partial charge in [0.2, 0.25) is 0 Å². The highest BCUT2D eigenvalue weighted by atomic mass is 35.5. The fourth-order valence-corrected chi connectivity index (χ4v) is 1.97.